The molecule has 1 aromatic carbocycles. The third-order valence-corrected chi connectivity index (χ3v) is 5.18. The number of benzene rings is 1. The predicted molar refractivity (Wildman–Crippen MR) is 110 cm³/mol. The maximum absolute atomic E-state index is 13.0. The van der Waals surface area contributed by atoms with Gasteiger partial charge in [0.1, 0.15) is 17.3 Å². The number of nitrogens with one attached hydrogen (secondary N) is 1. The van der Waals surface area contributed by atoms with Crippen LogP contribution >= 0.6 is 0 Å². The number of ether oxygens (including phenoxy) is 1. The molecular weight excluding hydrogens is 370 g/mol. The van der Waals surface area contributed by atoms with Crippen molar-refractivity contribution in [2.24, 2.45) is 0 Å². The molecule has 0 saturated carbocycles. The summed E-state index contributed by atoms with van der Waals surface area (Å²) in [6.07, 6.45) is 0.470. The first-order valence-electron chi connectivity index (χ1n) is 9.59. The average molecular weight is 397 g/mol. The molecule has 154 valence electrons. The predicted octanol–water partition coefficient (Wildman–Crippen LogP) is 4.87. The summed E-state index contributed by atoms with van der Waals surface area (Å²) in [5, 5.41) is 11.0. The van der Waals surface area contributed by atoms with Gasteiger partial charge in [0.2, 0.25) is 0 Å². The monoisotopic (exact) mass is 397 g/mol. The Labute approximate surface area is 170 Å². The number of nitrogens with zero attached hydrogens (tertiary/aromatic N) is 2. The van der Waals surface area contributed by atoms with Gasteiger partial charge < -0.3 is 19.1 Å². The van der Waals surface area contributed by atoms with Crippen LogP contribution in [0.15, 0.2) is 21.2 Å². The van der Waals surface area contributed by atoms with Crippen molar-refractivity contribution < 1.29 is 18.6 Å². The highest BCUT2D eigenvalue weighted by Crippen LogP contribution is 2.32. The molecule has 29 heavy (non-hydrogen) atoms. The van der Waals surface area contributed by atoms with Crippen LogP contribution in [0.5, 0.6) is 5.75 Å². The number of rotatable bonds is 6. The van der Waals surface area contributed by atoms with Crippen molar-refractivity contribution >= 4 is 11.6 Å². The maximum atomic E-state index is 13.0. The topological polar surface area (TPSA) is 90.4 Å². The van der Waals surface area contributed by atoms with E-state index < -0.39 is 0 Å². The molecular formula is C22H27N3O4. The zero-order valence-electron chi connectivity index (χ0n) is 18.0. The zero-order chi connectivity index (χ0) is 21.3. The van der Waals surface area contributed by atoms with E-state index >= 15 is 0 Å². The van der Waals surface area contributed by atoms with Gasteiger partial charge in [-0.3, -0.25) is 4.79 Å². The molecule has 7 nitrogen and oxygen atoms in total. The Morgan fingerprint density at radius 3 is 2.31 bits per heavy atom. The number of amides is 1. The first-order chi connectivity index (χ1) is 13.7. The molecule has 0 fully saturated rings. The lowest BCUT2D eigenvalue weighted by atomic mass is 9.98. The fraction of sp³-hybridized carbons (Fsp3) is 0.409. The van der Waals surface area contributed by atoms with Crippen LogP contribution in [0.2, 0.25) is 0 Å². The van der Waals surface area contributed by atoms with Crippen molar-refractivity contribution in [1.82, 2.24) is 10.3 Å². The minimum atomic E-state index is -0.313. The van der Waals surface area contributed by atoms with Crippen LogP contribution in [0.4, 0.5) is 5.69 Å². The molecule has 0 radical (unpaired) electrons. The molecule has 1 N–H and O–H groups in total. The van der Waals surface area contributed by atoms with E-state index in [4.69, 9.17) is 13.8 Å². The number of aromatic nitrogens is 2. The summed E-state index contributed by atoms with van der Waals surface area (Å²) in [6, 6.07) is 3.89. The molecule has 3 rings (SSSR count). The Bertz CT molecular complexity index is 1030. The molecule has 1 amide bonds. The van der Waals surface area contributed by atoms with E-state index in [9.17, 15) is 4.79 Å². The number of anilines is 1. The molecule has 7 heteroatoms. The van der Waals surface area contributed by atoms with Gasteiger partial charge in [0.15, 0.2) is 5.69 Å². The molecule has 0 aliphatic rings. The van der Waals surface area contributed by atoms with Crippen LogP contribution in [-0.2, 0) is 6.42 Å². The van der Waals surface area contributed by atoms with Crippen molar-refractivity contribution in [2.75, 3.05) is 12.4 Å². The highest BCUT2D eigenvalue weighted by molar-refractivity contribution is 6.04. The van der Waals surface area contributed by atoms with Crippen LogP contribution in [0, 0.1) is 27.7 Å². The molecule has 2 aromatic heterocycles. The second-order valence-corrected chi connectivity index (χ2v) is 7.56. The van der Waals surface area contributed by atoms with Gasteiger partial charge in [-0.25, -0.2) is 0 Å². The maximum Gasteiger partial charge on any atom is 0.278 e. The van der Waals surface area contributed by atoms with Crippen LogP contribution < -0.4 is 10.1 Å². The third kappa shape index (κ3) is 4.04. The SMILES string of the molecule is COc1cc(C)c(NC(=O)c2noc(C)c2Cc2c(C)noc2C)cc1C(C)C. The molecule has 0 bridgehead atoms. The summed E-state index contributed by atoms with van der Waals surface area (Å²) in [7, 11) is 1.65. The smallest absolute Gasteiger partial charge is 0.278 e. The number of carbonyl (C=O) groups excluding carboxylic acids is 1. The molecule has 0 atom stereocenters. The van der Waals surface area contributed by atoms with Gasteiger partial charge in [0.25, 0.3) is 5.91 Å². The van der Waals surface area contributed by atoms with Crippen molar-refractivity contribution in [1.29, 1.82) is 0 Å². The van der Waals surface area contributed by atoms with E-state index in [-0.39, 0.29) is 17.5 Å². The fourth-order valence-electron chi connectivity index (χ4n) is 3.35. The summed E-state index contributed by atoms with van der Waals surface area (Å²) < 4.78 is 16.1. The number of hydrogen-bond donors (Lipinski definition) is 1. The second-order valence-electron chi connectivity index (χ2n) is 7.56. The number of carbonyl (C=O) groups is 1. The summed E-state index contributed by atoms with van der Waals surface area (Å²) in [6.45, 7) is 11.6. The summed E-state index contributed by atoms with van der Waals surface area (Å²) >= 11 is 0. The van der Waals surface area contributed by atoms with Gasteiger partial charge in [-0.2, -0.15) is 0 Å². The van der Waals surface area contributed by atoms with Gasteiger partial charge in [0, 0.05) is 23.2 Å². The standard InChI is InChI=1S/C22H27N3O4/c1-11(2)16-10-19(12(3)8-20(16)27-7)23-22(26)21-18(15(6)29-25-21)9-17-13(4)24-28-14(17)5/h8,10-11H,9H2,1-7H3,(H,23,26). The van der Waals surface area contributed by atoms with E-state index in [1.54, 1.807) is 14.0 Å². The molecule has 3 aromatic rings. The van der Waals surface area contributed by atoms with E-state index in [2.05, 4.69) is 29.5 Å². The van der Waals surface area contributed by atoms with Gasteiger partial charge in [-0.1, -0.05) is 24.2 Å². The van der Waals surface area contributed by atoms with E-state index in [0.717, 1.165) is 45.1 Å². The Kier molecular flexibility index (Phi) is 5.77. The van der Waals surface area contributed by atoms with Crippen molar-refractivity contribution in [3.8, 4) is 5.75 Å². The van der Waals surface area contributed by atoms with E-state index in [0.29, 0.717) is 12.2 Å². The van der Waals surface area contributed by atoms with Crippen LogP contribution in [0.25, 0.3) is 0 Å². The van der Waals surface area contributed by atoms with Crippen molar-refractivity contribution in [2.45, 2.75) is 53.9 Å². The summed E-state index contributed by atoms with van der Waals surface area (Å²) in [4.78, 5) is 13.0. The summed E-state index contributed by atoms with van der Waals surface area (Å²) in [5.41, 5.74) is 5.39. The summed E-state index contributed by atoms with van der Waals surface area (Å²) in [5.74, 6) is 2.08. The molecule has 0 unspecified atom stereocenters. The molecule has 0 aliphatic heterocycles. The second kappa shape index (κ2) is 8.11. The number of aryl methyl sites for hydroxylation is 4. The fourth-order valence-corrected chi connectivity index (χ4v) is 3.35. The van der Waals surface area contributed by atoms with Crippen LogP contribution in [0.3, 0.4) is 0 Å². The number of methoxy groups -OCH3 is 1. The lowest BCUT2D eigenvalue weighted by molar-refractivity contribution is 0.101. The Morgan fingerprint density at radius 2 is 1.72 bits per heavy atom. The largest absolute Gasteiger partial charge is 0.496 e. The Balaban J connectivity index is 1.92. The first kappa shape index (κ1) is 20.6. The number of hydrogen-bond acceptors (Lipinski definition) is 6. The molecule has 0 aliphatic carbocycles. The van der Waals surface area contributed by atoms with Gasteiger partial charge in [-0.05, 0) is 56.9 Å². The van der Waals surface area contributed by atoms with Crippen LogP contribution in [-0.4, -0.2) is 23.3 Å². The highest BCUT2D eigenvalue weighted by Gasteiger charge is 2.23. The lowest BCUT2D eigenvalue weighted by Gasteiger charge is -2.16. The van der Waals surface area contributed by atoms with E-state index in [1.807, 2.05) is 32.9 Å². The van der Waals surface area contributed by atoms with E-state index in [1.165, 1.54) is 0 Å². The highest BCUT2D eigenvalue weighted by atomic mass is 16.5. The van der Waals surface area contributed by atoms with Gasteiger partial charge >= 0.3 is 0 Å². The lowest BCUT2D eigenvalue weighted by Crippen LogP contribution is -2.16. The van der Waals surface area contributed by atoms with Crippen molar-refractivity contribution in [3.63, 3.8) is 0 Å². The third-order valence-electron chi connectivity index (χ3n) is 5.18. The van der Waals surface area contributed by atoms with Gasteiger partial charge in [-0.15, -0.1) is 0 Å². The minimum absolute atomic E-state index is 0.255. The quantitative estimate of drug-likeness (QED) is 0.638. The van der Waals surface area contributed by atoms with Crippen LogP contribution in [0.1, 0.15) is 69.7 Å². The molecule has 0 spiro atoms. The zero-order valence-corrected chi connectivity index (χ0v) is 18.0. The Morgan fingerprint density at radius 1 is 1.07 bits per heavy atom. The van der Waals surface area contributed by atoms with Gasteiger partial charge in [0.05, 0.1) is 12.8 Å². The Hall–Kier alpha value is -3.09. The first-order valence-corrected chi connectivity index (χ1v) is 9.59. The van der Waals surface area contributed by atoms with Crippen molar-refractivity contribution in [3.05, 3.63) is 57.3 Å². The molecule has 0 saturated heterocycles. The normalized spacial score (nSPS) is 11.2. The average Bonchev–Trinajstić information content (AvgIpc) is 3.20. The minimum Gasteiger partial charge on any atom is -0.496 e. The molecule has 2 heterocycles.